The zero-order valence-electron chi connectivity index (χ0n) is 32.3. The number of hydrogen-bond acceptors (Lipinski definition) is 4. The fourth-order valence-electron chi connectivity index (χ4n) is 14.1. The Morgan fingerprint density at radius 2 is 1.55 bits per heavy atom. The van der Waals surface area contributed by atoms with Crippen LogP contribution in [-0.4, -0.2) is 77.9 Å². The molecule has 0 aromatic heterocycles. The van der Waals surface area contributed by atoms with Crippen molar-refractivity contribution in [2.75, 3.05) is 39.4 Å². The van der Waals surface area contributed by atoms with E-state index in [2.05, 4.69) is 69.0 Å². The molecule has 6 fully saturated rings. The van der Waals surface area contributed by atoms with E-state index in [0.29, 0.717) is 35.3 Å². The van der Waals surface area contributed by atoms with Gasteiger partial charge >= 0.3 is 12.0 Å². The number of fused-ring (bicyclic) bond motifs is 7. The number of carboxylic acid groups (broad SMARTS) is 1. The number of ether oxygens (including phenoxy) is 1. The van der Waals surface area contributed by atoms with Gasteiger partial charge in [0.1, 0.15) is 0 Å². The van der Waals surface area contributed by atoms with E-state index in [-0.39, 0.29) is 33.2 Å². The molecule has 7 nitrogen and oxygen atoms in total. The summed E-state index contributed by atoms with van der Waals surface area (Å²) in [5.41, 5.74) is 3.71. The van der Waals surface area contributed by atoms with Gasteiger partial charge in [-0.05, 0) is 133 Å². The molecular formula is C44H65N3O4. The molecule has 1 aromatic rings. The Morgan fingerprint density at radius 3 is 2.22 bits per heavy atom. The molecule has 2 saturated heterocycles. The summed E-state index contributed by atoms with van der Waals surface area (Å²) in [5.74, 6) is 1.65. The molecule has 8 unspecified atom stereocenters. The van der Waals surface area contributed by atoms with Crippen molar-refractivity contribution in [1.29, 1.82) is 0 Å². The average molecular weight is 700 g/mol. The van der Waals surface area contributed by atoms with Crippen molar-refractivity contribution in [1.82, 2.24) is 15.1 Å². The second-order valence-electron chi connectivity index (χ2n) is 18.7. The van der Waals surface area contributed by atoms with Gasteiger partial charge in [0.15, 0.2) is 0 Å². The highest BCUT2D eigenvalue weighted by atomic mass is 16.5. The molecule has 9 atom stereocenters. The summed E-state index contributed by atoms with van der Waals surface area (Å²) in [6, 6.07) is 8.31. The van der Waals surface area contributed by atoms with Crippen LogP contribution in [0.1, 0.15) is 121 Å². The first-order valence-corrected chi connectivity index (χ1v) is 20.3. The Hall–Kier alpha value is -2.64. The van der Waals surface area contributed by atoms with Crippen molar-refractivity contribution in [3.63, 3.8) is 0 Å². The molecule has 4 saturated carbocycles. The number of allylic oxidation sites excluding steroid dienone is 2. The molecule has 5 aliphatic carbocycles. The maximum Gasteiger partial charge on any atom is 0.335 e. The number of nitrogens with zero attached hydrogens (tertiary/aromatic N) is 2. The number of piperazine rings is 1. The third-order valence-corrected chi connectivity index (χ3v) is 16.8. The number of benzene rings is 1. The average Bonchev–Trinajstić information content (AvgIpc) is 3.81. The molecule has 2 aliphatic heterocycles. The molecule has 2 heterocycles. The van der Waals surface area contributed by atoms with Crippen molar-refractivity contribution in [2.45, 2.75) is 117 Å². The minimum atomic E-state index is -0.865. The molecule has 2 N–H and O–H groups in total. The summed E-state index contributed by atoms with van der Waals surface area (Å²) in [6.45, 7) is 24.2. The molecule has 7 aliphatic rings. The molecule has 8 rings (SSSR count). The van der Waals surface area contributed by atoms with Gasteiger partial charge in [-0.2, -0.15) is 0 Å². The molecule has 7 heteroatoms. The highest BCUT2D eigenvalue weighted by molar-refractivity contribution is 5.88. The van der Waals surface area contributed by atoms with Crippen molar-refractivity contribution in [3.05, 3.63) is 54.6 Å². The van der Waals surface area contributed by atoms with Crippen LogP contribution in [0.2, 0.25) is 0 Å². The number of rotatable bonds is 4. The van der Waals surface area contributed by atoms with Crippen molar-refractivity contribution in [2.24, 2.45) is 45.3 Å². The van der Waals surface area contributed by atoms with Crippen LogP contribution in [0.15, 0.2) is 43.5 Å². The SMILES string of the molecule is C=C.CC1(C)C(c2ccc(C(=O)O)cc2)=CCC2(C)C1CCC1(C)C2CCC2C3CCCC3(NC(=O)N3CCN(C4CCOC4)CC3)CC[C@]21C. The smallest absolute Gasteiger partial charge is 0.335 e. The normalized spacial score (nSPS) is 41.5. The lowest BCUT2D eigenvalue weighted by molar-refractivity contribution is -0.216. The first-order valence-electron chi connectivity index (χ1n) is 20.3. The molecule has 0 spiro atoms. The van der Waals surface area contributed by atoms with E-state index in [0.717, 1.165) is 65.1 Å². The predicted octanol–water partition coefficient (Wildman–Crippen LogP) is 8.90. The number of carbonyl (C=O) groups is 2. The lowest BCUT2D eigenvalue weighted by atomic mass is 9.33. The summed E-state index contributed by atoms with van der Waals surface area (Å²) in [6.07, 6.45) is 15.9. The van der Waals surface area contributed by atoms with Gasteiger partial charge in [-0.15, -0.1) is 13.2 Å². The van der Waals surface area contributed by atoms with Crippen LogP contribution >= 0.6 is 0 Å². The molecule has 280 valence electrons. The second kappa shape index (κ2) is 13.3. The minimum absolute atomic E-state index is 0.0185. The molecule has 2 amide bonds. The van der Waals surface area contributed by atoms with Gasteiger partial charge in [0.25, 0.3) is 0 Å². The fraction of sp³-hybridized carbons (Fsp3) is 0.727. The number of nitrogens with one attached hydrogen (secondary N) is 1. The first-order chi connectivity index (χ1) is 24.3. The molecule has 51 heavy (non-hydrogen) atoms. The Labute approximate surface area is 307 Å². The highest BCUT2D eigenvalue weighted by Crippen LogP contribution is 2.76. The van der Waals surface area contributed by atoms with Crippen LogP contribution in [0, 0.1) is 45.3 Å². The Morgan fingerprint density at radius 1 is 0.824 bits per heavy atom. The molecule has 0 bridgehead atoms. The summed E-state index contributed by atoms with van der Waals surface area (Å²) in [7, 11) is 0. The number of urea groups is 1. The van der Waals surface area contributed by atoms with Gasteiger partial charge in [-0.1, -0.05) is 59.2 Å². The Balaban J connectivity index is 0.00000200. The van der Waals surface area contributed by atoms with Gasteiger partial charge < -0.3 is 20.1 Å². The fourth-order valence-corrected chi connectivity index (χ4v) is 14.1. The zero-order valence-corrected chi connectivity index (χ0v) is 32.3. The van der Waals surface area contributed by atoms with Gasteiger partial charge in [0, 0.05) is 44.4 Å². The van der Waals surface area contributed by atoms with Crippen LogP contribution in [0.4, 0.5) is 4.79 Å². The number of carboxylic acids is 1. The standard InChI is InChI=1S/C42H61N3O4.C2H4/c1-38(2)31(28-8-10-29(11-9-28)36(46)47)14-18-39(3)34(38)15-19-41(5)35(39)13-12-32-33-7-6-17-42(33,21-20-40(32,41)4)43-37(48)45-24-22-44(23-25-45)30-16-26-49-27-30;1-2/h8-11,14,30,32-35H,6-7,12-13,15-27H2,1-5H3,(H,43,48)(H,46,47);1-2H2/t30?,32?,33?,34?,35?,39?,40-,41?,42?;/m1./s1. The van der Waals surface area contributed by atoms with Crippen LogP contribution < -0.4 is 5.32 Å². The zero-order chi connectivity index (χ0) is 36.4. The third-order valence-electron chi connectivity index (χ3n) is 16.8. The molecule has 1 aromatic carbocycles. The minimum Gasteiger partial charge on any atom is -0.478 e. The maximum absolute atomic E-state index is 13.9. The lowest BCUT2D eigenvalue weighted by Gasteiger charge is -2.72. The predicted molar refractivity (Wildman–Crippen MR) is 204 cm³/mol. The Bertz CT molecular complexity index is 1510. The van der Waals surface area contributed by atoms with Gasteiger partial charge in [0.05, 0.1) is 12.2 Å². The van der Waals surface area contributed by atoms with E-state index >= 15 is 0 Å². The summed E-state index contributed by atoms with van der Waals surface area (Å²) < 4.78 is 5.64. The number of amides is 2. The first kappa shape index (κ1) is 36.7. The van der Waals surface area contributed by atoms with E-state index < -0.39 is 5.97 Å². The Kier molecular flexibility index (Phi) is 9.60. The van der Waals surface area contributed by atoms with Gasteiger partial charge in [-0.25, -0.2) is 9.59 Å². The van der Waals surface area contributed by atoms with E-state index in [4.69, 9.17) is 4.74 Å². The highest BCUT2D eigenvalue weighted by Gasteiger charge is 2.69. The van der Waals surface area contributed by atoms with Crippen LogP contribution in [0.5, 0.6) is 0 Å². The molecule has 0 radical (unpaired) electrons. The number of aromatic carboxylic acids is 1. The van der Waals surface area contributed by atoms with Crippen LogP contribution in [0.3, 0.4) is 0 Å². The topological polar surface area (TPSA) is 82.1 Å². The van der Waals surface area contributed by atoms with Crippen LogP contribution in [-0.2, 0) is 4.74 Å². The van der Waals surface area contributed by atoms with Crippen molar-refractivity contribution >= 4 is 17.6 Å². The largest absolute Gasteiger partial charge is 0.478 e. The monoisotopic (exact) mass is 699 g/mol. The second-order valence-corrected chi connectivity index (χ2v) is 18.7. The molecular weight excluding hydrogens is 635 g/mol. The van der Waals surface area contributed by atoms with E-state index in [1.54, 1.807) is 12.1 Å². The number of carbonyl (C=O) groups excluding carboxylic acids is 1. The lowest BCUT2D eigenvalue weighted by Crippen LogP contribution is -2.68. The van der Waals surface area contributed by atoms with Gasteiger partial charge in [0.2, 0.25) is 0 Å². The van der Waals surface area contributed by atoms with E-state index in [9.17, 15) is 14.7 Å². The van der Waals surface area contributed by atoms with Crippen LogP contribution in [0.25, 0.3) is 5.57 Å². The summed E-state index contributed by atoms with van der Waals surface area (Å²) >= 11 is 0. The van der Waals surface area contributed by atoms with Crippen molar-refractivity contribution < 1.29 is 19.4 Å². The quantitative estimate of drug-likeness (QED) is 0.307. The maximum atomic E-state index is 13.9. The number of hydrogen-bond donors (Lipinski definition) is 2. The van der Waals surface area contributed by atoms with Crippen molar-refractivity contribution in [3.8, 4) is 0 Å². The van der Waals surface area contributed by atoms with E-state index in [1.807, 2.05) is 12.1 Å². The van der Waals surface area contributed by atoms with Gasteiger partial charge in [-0.3, -0.25) is 4.90 Å². The van der Waals surface area contributed by atoms with E-state index in [1.165, 1.54) is 56.1 Å². The third kappa shape index (κ3) is 5.65. The summed E-state index contributed by atoms with van der Waals surface area (Å²) in [4.78, 5) is 30.1. The summed E-state index contributed by atoms with van der Waals surface area (Å²) in [5, 5.41) is 13.3.